The summed E-state index contributed by atoms with van der Waals surface area (Å²) in [7, 11) is -3.48. The first kappa shape index (κ1) is 17.4. The van der Waals surface area contributed by atoms with Crippen LogP contribution in [0.5, 0.6) is 5.19 Å². The van der Waals surface area contributed by atoms with E-state index in [0.29, 0.717) is 31.1 Å². The lowest BCUT2D eigenvalue weighted by Crippen LogP contribution is -2.41. The van der Waals surface area contributed by atoms with Crippen molar-refractivity contribution < 1.29 is 13.2 Å². The first-order valence-electron chi connectivity index (χ1n) is 8.47. The van der Waals surface area contributed by atoms with Gasteiger partial charge in [0.1, 0.15) is 11.0 Å². The third-order valence-corrected chi connectivity index (χ3v) is 7.34. The zero-order valence-corrected chi connectivity index (χ0v) is 16.0. The molecule has 0 amide bonds. The van der Waals surface area contributed by atoms with Gasteiger partial charge in [-0.1, -0.05) is 23.5 Å². The Morgan fingerprint density at radius 2 is 2.00 bits per heavy atom. The molecule has 1 aromatic carbocycles. The molecule has 0 bridgehead atoms. The molecule has 2 aromatic heterocycles. The third-order valence-electron chi connectivity index (χ3n) is 4.54. The molecule has 0 N–H and O–H groups in total. The van der Waals surface area contributed by atoms with Gasteiger partial charge in [0.05, 0.1) is 10.2 Å². The van der Waals surface area contributed by atoms with Crippen molar-refractivity contribution in [2.24, 2.45) is 0 Å². The van der Waals surface area contributed by atoms with E-state index in [1.807, 2.05) is 25.1 Å². The summed E-state index contributed by atoms with van der Waals surface area (Å²) < 4.78 is 33.9. The summed E-state index contributed by atoms with van der Waals surface area (Å²) in [6, 6.07) is 9.30. The van der Waals surface area contributed by atoms with Crippen LogP contribution >= 0.6 is 11.3 Å². The van der Waals surface area contributed by atoms with Crippen LogP contribution in [0.3, 0.4) is 0 Å². The van der Waals surface area contributed by atoms with Gasteiger partial charge in [-0.2, -0.15) is 4.31 Å². The van der Waals surface area contributed by atoms with E-state index in [9.17, 15) is 8.42 Å². The number of nitrogens with zero attached hydrogens (tertiary/aromatic N) is 3. The summed E-state index contributed by atoms with van der Waals surface area (Å²) in [6.07, 6.45) is 4.24. The number of para-hydroxylation sites is 1. The smallest absolute Gasteiger partial charge is 0.274 e. The minimum absolute atomic E-state index is 0.0174. The van der Waals surface area contributed by atoms with Crippen molar-refractivity contribution in [3.8, 4) is 5.19 Å². The summed E-state index contributed by atoms with van der Waals surface area (Å²) in [5, 5.41) is 0.655. The van der Waals surface area contributed by atoms with Crippen LogP contribution in [-0.4, -0.2) is 41.9 Å². The molecule has 0 spiro atoms. The van der Waals surface area contributed by atoms with Gasteiger partial charge in [-0.05, 0) is 43.5 Å². The second-order valence-corrected chi connectivity index (χ2v) is 9.24. The highest BCUT2D eigenvalue weighted by molar-refractivity contribution is 7.89. The number of pyridine rings is 1. The molecule has 6 nitrogen and oxygen atoms in total. The molecule has 1 aliphatic rings. The van der Waals surface area contributed by atoms with Crippen molar-refractivity contribution in [3.63, 3.8) is 0 Å². The molecule has 26 heavy (non-hydrogen) atoms. The molecular formula is C18H19N3O3S2. The predicted molar refractivity (Wildman–Crippen MR) is 101 cm³/mol. The molecule has 1 fully saturated rings. The minimum atomic E-state index is -3.48. The quantitative estimate of drug-likeness (QED) is 0.685. The van der Waals surface area contributed by atoms with E-state index >= 15 is 0 Å². The molecule has 0 aliphatic carbocycles. The number of ether oxygens (including phenoxy) is 1. The Kier molecular flexibility index (Phi) is 4.64. The number of benzene rings is 1. The van der Waals surface area contributed by atoms with Gasteiger partial charge in [0.15, 0.2) is 0 Å². The Balaban J connectivity index is 1.43. The molecule has 1 aliphatic heterocycles. The lowest BCUT2D eigenvalue weighted by atomic mass is 10.1. The number of aromatic nitrogens is 2. The van der Waals surface area contributed by atoms with E-state index < -0.39 is 10.0 Å². The van der Waals surface area contributed by atoms with Crippen LogP contribution in [0.25, 0.3) is 10.2 Å². The maximum atomic E-state index is 12.6. The maximum Gasteiger partial charge on any atom is 0.274 e. The number of fused-ring (bicyclic) bond motifs is 1. The zero-order chi connectivity index (χ0) is 18.1. The summed E-state index contributed by atoms with van der Waals surface area (Å²) in [5.74, 6) is 0. The van der Waals surface area contributed by atoms with Gasteiger partial charge in [-0.15, -0.1) is 0 Å². The second-order valence-electron chi connectivity index (χ2n) is 6.31. The molecule has 3 heterocycles. The largest absolute Gasteiger partial charge is 0.467 e. The fourth-order valence-corrected chi connectivity index (χ4v) is 5.49. The van der Waals surface area contributed by atoms with Crippen LogP contribution in [-0.2, 0) is 10.0 Å². The number of rotatable bonds is 4. The Bertz CT molecular complexity index is 1010. The van der Waals surface area contributed by atoms with Crippen molar-refractivity contribution in [2.45, 2.75) is 30.8 Å². The average Bonchev–Trinajstić information content (AvgIpc) is 3.07. The molecule has 0 radical (unpaired) electrons. The van der Waals surface area contributed by atoms with Crippen LogP contribution < -0.4 is 4.74 Å². The topological polar surface area (TPSA) is 72.4 Å². The lowest BCUT2D eigenvalue weighted by Gasteiger charge is -2.30. The summed E-state index contributed by atoms with van der Waals surface area (Å²) in [6.45, 7) is 2.91. The fraction of sp³-hybridized carbons (Fsp3) is 0.333. The number of sulfonamides is 1. The molecule has 136 valence electrons. The highest BCUT2D eigenvalue weighted by Gasteiger charge is 2.30. The standard InChI is InChI=1S/C18H19N3O3S2/c1-13-4-2-6-16-17(13)20-18(25-16)24-14-7-10-21(11-8-14)26(22,23)15-5-3-9-19-12-15/h2-6,9,12,14H,7-8,10-11H2,1H3. The zero-order valence-electron chi connectivity index (χ0n) is 14.3. The Labute approximate surface area is 156 Å². The first-order valence-corrected chi connectivity index (χ1v) is 10.7. The van der Waals surface area contributed by atoms with Crippen LogP contribution in [0, 0.1) is 6.92 Å². The van der Waals surface area contributed by atoms with E-state index in [0.717, 1.165) is 15.8 Å². The van der Waals surface area contributed by atoms with E-state index in [1.54, 1.807) is 18.3 Å². The van der Waals surface area contributed by atoms with Gasteiger partial charge in [0, 0.05) is 25.5 Å². The Morgan fingerprint density at radius 3 is 2.69 bits per heavy atom. The predicted octanol–water partition coefficient (Wildman–Crippen LogP) is 3.23. The van der Waals surface area contributed by atoms with Gasteiger partial charge < -0.3 is 4.74 Å². The number of hydrogen-bond donors (Lipinski definition) is 0. The monoisotopic (exact) mass is 389 g/mol. The van der Waals surface area contributed by atoms with E-state index in [4.69, 9.17) is 4.74 Å². The summed E-state index contributed by atoms with van der Waals surface area (Å²) in [5.41, 5.74) is 2.11. The van der Waals surface area contributed by atoms with Gasteiger partial charge in [-0.25, -0.2) is 13.4 Å². The van der Waals surface area contributed by atoms with E-state index in [-0.39, 0.29) is 11.0 Å². The van der Waals surface area contributed by atoms with Crippen LogP contribution in [0.1, 0.15) is 18.4 Å². The number of piperidine rings is 1. The van der Waals surface area contributed by atoms with E-state index in [1.165, 1.54) is 21.8 Å². The molecule has 4 rings (SSSR count). The van der Waals surface area contributed by atoms with Crippen LogP contribution in [0.2, 0.25) is 0 Å². The number of aryl methyl sites for hydroxylation is 1. The van der Waals surface area contributed by atoms with Crippen molar-refractivity contribution >= 4 is 31.6 Å². The molecule has 1 saturated heterocycles. The SMILES string of the molecule is Cc1cccc2sc(OC3CCN(S(=O)(=O)c4cccnc4)CC3)nc12. The van der Waals surface area contributed by atoms with Crippen molar-refractivity contribution in [1.82, 2.24) is 14.3 Å². The third kappa shape index (κ3) is 3.32. The second kappa shape index (κ2) is 6.94. The summed E-state index contributed by atoms with van der Waals surface area (Å²) >= 11 is 1.53. The normalized spacial score (nSPS) is 16.8. The van der Waals surface area contributed by atoms with Gasteiger partial charge in [-0.3, -0.25) is 4.98 Å². The first-order chi connectivity index (χ1) is 12.5. The van der Waals surface area contributed by atoms with Gasteiger partial charge >= 0.3 is 0 Å². The van der Waals surface area contributed by atoms with Crippen LogP contribution in [0.15, 0.2) is 47.6 Å². The van der Waals surface area contributed by atoms with Crippen molar-refractivity contribution in [3.05, 3.63) is 48.3 Å². The molecule has 0 unspecified atom stereocenters. The molecule has 3 aromatic rings. The Hall–Kier alpha value is -2.03. The maximum absolute atomic E-state index is 12.6. The lowest BCUT2D eigenvalue weighted by molar-refractivity contribution is 0.135. The molecular weight excluding hydrogens is 370 g/mol. The van der Waals surface area contributed by atoms with E-state index in [2.05, 4.69) is 9.97 Å². The molecule has 0 atom stereocenters. The minimum Gasteiger partial charge on any atom is -0.467 e. The Morgan fingerprint density at radius 1 is 1.19 bits per heavy atom. The fourth-order valence-electron chi connectivity index (χ4n) is 3.10. The highest BCUT2D eigenvalue weighted by Crippen LogP contribution is 2.31. The van der Waals surface area contributed by atoms with Gasteiger partial charge in [0.25, 0.3) is 5.19 Å². The van der Waals surface area contributed by atoms with Crippen molar-refractivity contribution in [2.75, 3.05) is 13.1 Å². The average molecular weight is 390 g/mol. The molecule has 8 heteroatoms. The van der Waals surface area contributed by atoms with Gasteiger partial charge in [0.2, 0.25) is 10.0 Å². The van der Waals surface area contributed by atoms with Crippen LogP contribution in [0.4, 0.5) is 0 Å². The highest BCUT2D eigenvalue weighted by atomic mass is 32.2. The number of hydrogen-bond acceptors (Lipinski definition) is 6. The summed E-state index contributed by atoms with van der Waals surface area (Å²) in [4.78, 5) is 8.72. The molecule has 0 saturated carbocycles. The van der Waals surface area contributed by atoms with Crippen molar-refractivity contribution in [1.29, 1.82) is 0 Å². The number of thiazole rings is 1.